The van der Waals surface area contributed by atoms with Gasteiger partial charge < -0.3 is 14.7 Å². The first-order valence-electron chi connectivity index (χ1n) is 9.44. The molecule has 3 aliphatic rings. The van der Waals surface area contributed by atoms with Crippen LogP contribution < -0.4 is 4.90 Å². The molecule has 2 aromatic rings. The Hall–Kier alpha value is -3.35. The van der Waals surface area contributed by atoms with E-state index in [0.717, 1.165) is 23.8 Å². The highest BCUT2D eigenvalue weighted by atomic mass is 16.2. The summed E-state index contributed by atoms with van der Waals surface area (Å²) in [5, 5.41) is 0. The fourth-order valence-corrected chi connectivity index (χ4v) is 4.20. The number of nitrogens with zero attached hydrogens (tertiary/aromatic N) is 5. The second kappa shape index (κ2) is 6.37. The number of amides is 3. The number of rotatable bonds is 3. The highest BCUT2D eigenvalue weighted by molar-refractivity contribution is 6.07. The van der Waals surface area contributed by atoms with Crippen molar-refractivity contribution >= 4 is 23.6 Å². The second-order valence-electron chi connectivity index (χ2n) is 7.27. The van der Waals surface area contributed by atoms with Gasteiger partial charge >= 0.3 is 6.03 Å². The minimum absolute atomic E-state index is 0.175. The van der Waals surface area contributed by atoms with Gasteiger partial charge in [0.05, 0.1) is 6.54 Å². The lowest BCUT2D eigenvalue weighted by Crippen LogP contribution is -2.64. The number of guanidine groups is 1. The molecule has 2 atom stereocenters. The van der Waals surface area contributed by atoms with E-state index in [4.69, 9.17) is 4.99 Å². The molecule has 0 N–H and O–H groups in total. The van der Waals surface area contributed by atoms with Gasteiger partial charge in [0.2, 0.25) is 5.96 Å². The van der Waals surface area contributed by atoms with E-state index in [2.05, 4.69) is 4.90 Å². The zero-order chi connectivity index (χ0) is 19.3. The Balaban J connectivity index is 1.45. The van der Waals surface area contributed by atoms with Gasteiger partial charge in [0.25, 0.3) is 5.91 Å². The molecule has 0 aromatic heterocycles. The lowest BCUT2D eigenvalue weighted by Gasteiger charge is -2.40. The van der Waals surface area contributed by atoms with Gasteiger partial charge in [0.15, 0.2) is 12.2 Å². The third-order valence-corrected chi connectivity index (χ3v) is 5.63. The second-order valence-corrected chi connectivity index (χ2v) is 7.27. The van der Waals surface area contributed by atoms with Crippen LogP contribution in [0.1, 0.15) is 5.56 Å². The Labute approximate surface area is 163 Å². The largest absolute Gasteiger partial charge is 0.328 e. The van der Waals surface area contributed by atoms with Gasteiger partial charge in [-0.25, -0.2) is 9.79 Å². The SMILES string of the molecule is CN1C(=O)N(Cc2ccccc2)C(=O)C2C1N=C1N(c3ccccc3)CCN12. The number of para-hydroxylation sites is 1. The minimum atomic E-state index is -0.478. The predicted octanol–water partition coefficient (Wildman–Crippen LogP) is 1.97. The number of aliphatic imine (C=N–C) groups is 1. The number of hydrogen-bond acceptors (Lipinski definition) is 5. The Bertz CT molecular complexity index is 946. The lowest BCUT2D eigenvalue weighted by molar-refractivity contribution is -0.137. The molecular weight excluding hydrogens is 354 g/mol. The van der Waals surface area contributed by atoms with Crippen molar-refractivity contribution < 1.29 is 9.59 Å². The first kappa shape index (κ1) is 16.8. The zero-order valence-electron chi connectivity index (χ0n) is 15.6. The van der Waals surface area contributed by atoms with Crippen LogP contribution in [0, 0.1) is 0 Å². The topological polar surface area (TPSA) is 59.5 Å². The summed E-state index contributed by atoms with van der Waals surface area (Å²) in [5.74, 6) is 0.598. The molecule has 2 aromatic carbocycles. The normalized spacial score (nSPS) is 23.8. The van der Waals surface area contributed by atoms with E-state index in [1.54, 1.807) is 11.9 Å². The van der Waals surface area contributed by atoms with Crippen LogP contribution in [-0.4, -0.2) is 64.9 Å². The molecule has 142 valence electrons. The number of likely N-dealkylation sites (N-methyl/N-ethyl adjacent to an activating group) is 1. The van der Waals surface area contributed by atoms with Crippen LogP contribution in [0.15, 0.2) is 65.7 Å². The minimum Gasteiger partial charge on any atom is -0.325 e. The third kappa shape index (κ3) is 2.46. The summed E-state index contributed by atoms with van der Waals surface area (Å²) in [6, 6.07) is 18.9. The highest BCUT2D eigenvalue weighted by Crippen LogP contribution is 2.33. The maximum atomic E-state index is 13.3. The molecule has 2 fully saturated rings. The van der Waals surface area contributed by atoms with Crippen molar-refractivity contribution in [2.45, 2.75) is 18.8 Å². The van der Waals surface area contributed by atoms with Crippen LogP contribution >= 0.6 is 0 Å². The molecular formula is C21H21N5O2. The van der Waals surface area contributed by atoms with Crippen molar-refractivity contribution in [1.29, 1.82) is 0 Å². The summed E-state index contributed by atoms with van der Waals surface area (Å²) in [7, 11) is 1.73. The van der Waals surface area contributed by atoms with Crippen molar-refractivity contribution in [3.05, 3.63) is 66.2 Å². The molecule has 3 amide bonds. The molecule has 0 aliphatic carbocycles. The fraction of sp³-hybridized carbons (Fsp3) is 0.286. The molecule has 0 radical (unpaired) electrons. The summed E-state index contributed by atoms with van der Waals surface area (Å²) in [6.07, 6.45) is -0.478. The van der Waals surface area contributed by atoms with Crippen LogP contribution in [-0.2, 0) is 11.3 Å². The summed E-state index contributed by atoms with van der Waals surface area (Å²) in [6.45, 7) is 1.76. The van der Waals surface area contributed by atoms with Crippen molar-refractivity contribution in [1.82, 2.24) is 14.7 Å². The van der Waals surface area contributed by atoms with E-state index in [1.165, 1.54) is 4.90 Å². The van der Waals surface area contributed by atoms with Gasteiger partial charge in [-0.2, -0.15) is 0 Å². The maximum Gasteiger partial charge on any atom is 0.328 e. The predicted molar refractivity (Wildman–Crippen MR) is 106 cm³/mol. The molecule has 7 nitrogen and oxygen atoms in total. The van der Waals surface area contributed by atoms with Gasteiger partial charge in [-0.1, -0.05) is 48.5 Å². The standard InChI is InChI=1S/C21H21N5O2/c1-23-18-17(19(27)26(21(23)28)14-15-8-4-2-5-9-15)25-13-12-24(20(25)22-18)16-10-6-3-7-11-16/h2-11,17-18H,12-14H2,1H3. The molecule has 5 rings (SSSR count). The van der Waals surface area contributed by atoms with E-state index in [9.17, 15) is 9.59 Å². The molecule has 2 saturated heterocycles. The number of imide groups is 1. The van der Waals surface area contributed by atoms with Crippen LogP contribution in [0.25, 0.3) is 0 Å². The molecule has 0 bridgehead atoms. The average molecular weight is 375 g/mol. The Morgan fingerprint density at radius 2 is 1.64 bits per heavy atom. The van der Waals surface area contributed by atoms with Gasteiger partial charge in [-0.15, -0.1) is 0 Å². The highest BCUT2D eigenvalue weighted by Gasteiger charge is 2.54. The number of anilines is 1. The fourth-order valence-electron chi connectivity index (χ4n) is 4.20. The van der Waals surface area contributed by atoms with Gasteiger partial charge in [0, 0.05) is 25.8 Å². The molecule has 7 heteroatoms. The van der Waals surface area contributed by atoms with Crippen LogP contribution in [0.5, 0.6) is 0 Å². The van der Waals surface area contributed by atoms with Gasteiger partial charge in [-0.3, -0.25) is 9.69 Å². The molecule has 28 heavy (non-hydrogen) atoms. The average Bonchev–Trinajstić information content (AvgIpc) is 3.30. The van der Waals surface area contributed by atoms with Crippen molar-refractivity contribution in [2.24, 2.45) is 4.99 Å². The number of carbonyl (C=O) groups excluding carboxylic acids is 2. The first-order chi connectivity index (χ1) is 13.6. The molecule has 3 heterocycles. The Morgan fingerprint density at radius 3 is 2.36 bits per heavy atom. The number of carbonyl (C=O) groups is 2. The maximum absolute atomic E-state index is 13.3. The van der Waals surface area contributed by atoms with Crippen molar-refractivity contribution in [3.8, 4) is 0 Å². The van der Waals surface area contributed by atoms with Gasteiger partial charge in [0.1, 0.15) is 0 Å². The van der Waals surface area contributed by atoms with E-state index >= 15 is 0 Å². The summed E-state index contributed by atoms with van der Waals surface area (Å²) < 4.78 is 0. The monoisotopic (exact) mass is 375 g/mol. The lowest BCUT2D eigenvalue weighted by atomic mass is 10.1. The molecule has 2 unspecified atom stereocenters. The summed E-state index contributed by atoms with van der Waals surface area (Å²) in [4.78, 5) is 38.1. The molecule has 3 aliphatic heterocycles. The van der Waals surface area contributed by atoms with Crippen LogP contribution in [0.4, 0.5) is 10.5 Å². The quantitative estimate of drug-likeness (QED) is 0.823. The van der Waals surface area contributed by atoms with Crippen molar-refractivity contribution in [3.63, 3.8) is 0 Å². The van der Waals surface area contributed by atoms with E-state index < -0.39 is 12.2 Å². The molecule has 0 spiro atoms. The van der Waals surface area contributed by atoms with Crippen LogP contribution in [0.3, 0.4) is 0 Å². The number of benzene rings is 2. The number of urea groups is 1. The van der Waals surface area contributed by atoms with Crippen LogP contribution in [0.2, 0.25) is 0 Å². The van der Waals surface area contributed by atoms with E-state index in [1.807, 2.05) is 65.6 Å². The summed E-state index contributed by atoms with van der Waals surface area (Å²) >= 11 is 0. The summed E-state index contributed by atoms with van der Waals surface area (Å²) in [5.41, 5.74) is 1.98. The number of hydrogen-bond donors (Lipinski definition) is 0. The van der Waals surface area contributed by atoms with Crippen molar-refractivity contribution in [2.75, 3.05) is 25.0 Å². The smallest absolute Gasteiger partial charge is 0.325 e. The van der Waals surface area contributed by atoms with E-state index in [0.29, 0.717) is 6.54 Å². The first-order valence-corrected chi connectivity index (χ1v) is 9.44. The van der Waals surface area contributed by atoms with Gasteiger partial charge in [-0.05, 0) is 17.7 Å². The number of fused-ring (bicyclic) bond motifs is 3. The Morgan fingerprint density at radius 1 is 0.964 bits per heavy atom. The Kier molecular flexibility index (Phi) is 3.82. The molecule has 0 saturated carbocycles. The zero-order valence-corrected chi connectivity index (χ0v) is 15.6. The van der Waals surface area contributed by atoms with E-state index in [-0.39, 0.29) is 18.5 Å². The third-order valence-electron chi connectivity index (χ3n) is 5.63.